The van der Waals surface area contributed by atoms with Crippen molar-refractivity contribution in [3.05, 3.63) is 60.0 Å². The maximum atomic E-state index is 14.0. The van der Waals surface area contributed by atoms with Gasteiger partial charge in [0.1, 0.15) is 24.1 Å². The quantitative estimate of drug-likeness (QED) is 0.251. The first kappa shape index (κ1) is 29.6. The van der Waals surface area contributed by atoms with Crippen LogP contribution in [-0.4, -0.2) is 60.8 Å². The lowest BCUT2D eigenvalue weighted by Crippen LogP contribution is -2.53. The number of Topliss-reactive ketones (excluding diaryl/α,β-unsaturated/α-hetero) is 1. The molecular formula is C30H35FN4O6. The van der Waals surface area contributed by atoms with Gasteiger partial charge in [-0.2, -0.15) is 0 Å². The Balaban J connectivity index is 1.50. The van der Waals surface area contributed by atoms with Gasteiger partial charge in [0.05, 0.1) is 13.2 Å². The summed E-state index contributed by atoms with van der Waals surface area (Å²) in [7, 11) is 1.54. The highest BCUT2D eigenvalue weighted by molar-refractivity contribution is 6.02. The van der Waals surface area contributed by atoms with E-state index < -0.39 is 48.0 Å². The van der Waals surface area contributed by atoms with Gasteiger partial charge in [-0.05, 0) is 55.5 Å². The number of ketones is 1. The van der Waals surface area contributed by atoms with Gasteiger partial charge in [0.25, 0.3) is 5.91 Å². The van der Waals surface area contributed by atoms with Gasteiger partial charge in [0.15, 0.2) is 17.3 Å². The van der Waals surface area contributed by atoms with E-state index in [1.54, 1.807) is 31.4 Å². The second kappa shape index (κ2) is 13.3. The zero-order chi connectivity index (χ0) is 29.5. The number of hydrogen-bond acceptors (Lipinski definition) is 6. The number of hydrogen-bond donors (Lipinski definition) is 4. The average molecular weight is 567 g/mol. The zero-order valence-electron chi connectivity index (χ0n) is 23.3. The number of rotatable bonds is 13. The van der Waals surface area contributed by atoms with Crippen molar-refractivity contribution < 1.29 is 33.0 Å². The molecule has 0 saturated carbocycles. The molecule has 10 nitrogen and oxygen atoms in total. The van der Waals surface area contributed by atoms with Gasteiger partial charge in [0.2, 0.25) is 11.8 Å². The smallest absolute Gasteiger partial charge is 0.268 e. The summed E-state index contributed by atoms with van der Waals surface area (Å²) in [4.78, 5) is 55.2. The number of fused-ring (bicyclic) bond motifs is 1. The molecule has 0 aliphatic carbocycles. The Morgan fingerprint density at radius 2 is 1.80 bits per heavy atom. The lowest BCUT2D eigenvalue weighted by atomic mass is 9.95. The van der Waals surface area contributed by atoms with Crippen LogP contribution in [0.1, 0.15) is 43.6 Å². The number of methoxy groups -OCH3 is 1. The molecule has 4 rings (SSSR count). The van der Waals surface area contributed by atoms with E-state index >= 15 is 0 Å². The SMILES string of the molecule is COc1cccc2[nH]c(C(=O)N[C@@H](CC(C)C)C(=O)NC(CC3CCNC3=O)C(=O)COc3ccccc3F)cc12. The molecule has 1 aliphatic rings. The van der Waals surface area contributed by atoms with Gasteiger partial charge >= 0.3 is 0 Å². The van der Waals surface area contributed by atoms with Crippen LogP contribution in [0.2, 0.25) is 0 Å². The summed E-state index contributed by atoms with van der Waals surface area (Å²) in [5.41, 5.74) is 0.953. The number of carbonyl (C=O) groups excluding carboxylic acids is 4. The number of benzene rings is 2. The summed E-state index contributed by atoms with van der Waals surface area (Å²) in [5.74, 6) is -2.33. The highest BCUT2D eigenvalue weighted by atomic mass is 19.1. The van der Waals surface area contributed by atoms with E-state index in [0.29, 0.717) is 30.7 Å². The van der Waals surface area contributed by atoms with Crippen molar-refractivity contribution in [2.75, 3.05) is 20.3 Å². The third kappa shape index (κ3) is 7.41. The van der Waals surface area contributed by atoms with Crippen LogP contribution < -0.4 is 25.4 Å². The van der Waals surface area contributed by atoms with Crippen LogP contribution in [0.25, 0.3) is 10.9 Å². The molecule has 4 N–H and O–H groups in total. The van der Waals surface area contributed by atoms with Crippen LogP contribution in [0.15, 0.2) is 48.5 Å². The van der Waals surface area contributed by atoms with Crippen molar-refractivity contribution in [2.24, 2.45) is 11.8 Å². The fourth-order valence-corrected chi connectivity index (χ4v) is 4.88. The van der Waals surface area contributed by atoms with Crippen molar-refractivity contribution in [1.82, 2.24) is 20.9 Å². The number of aromatic amines is 1. The van der Waals surface area contributed by atoms with Gasteiger partial charge in [-0.1, -0.05) is 32.0 Å². The minimum Gasteiger partial charge on any atom is -0.496 e. The Morgan fingerprint density at radius 3 is 2.49 bits per heavy atom. The van der Waals surface area contributed by atoms with Crippen molar-refractivity contribution in [3.8, 4) is 11.5 Å². The fourth-order valence-electron chi connectivity index (χ4n) is 4.88. The molecule has 11 heteroatoms. The molecule has 1 aromatic heterocycles. The normalized spacial score (nSPS) is 16.2. The van der Waals surface area contributed by atoms with Crippen LogP contribution in [0, 0.1) is 17.7 Å². The standard InChI is InChI=1S/C30H35FN4O6/c1-17(2)13-23(35-30(39)24-15-19-21(33-24)8-6-10-26(19)40-3)29(38)34-22(14-18-11-12-32-28(18)37)25(36)16-41-27-9-5-4-7-20(27)31/h4-10,15,17-18,22-23,33H,11-14,16H2,1-3H3,(H,32,37)(H,34,38)(H,35,39)/t18?,22?,23-/m0/s1. The van der Waals surface area contributed by atoms with E-state index in [1.165, 1.54) is 18.2 Å². The molecule has 2 aromatic carbocycles. The summed E-state index contributed by atoms with van der Waals surface area (Å²) >= 11 is 0. The first-order valence-electron chi connectivity index (χ1n) is 13.6. The van der Waals surface area contributed by atoms with Crippen molar-refractivity contribution in [1.29, 1.82) is 0 Å². The van der Waals surface area contributed by atoms with Gasteiger partial charge in [-0.15, -0.1) is 0 Å². The van der Waals surface area contributed by atoms with Crippen LogP contribution in [0.4, 0.5) is 4.39 Å². The van der Waals surface area contributed by atoms with Gasteiger partial charge in [-0.3, -0.25) is 19.2 Å². The van der Waals surface area contributed by atoms with Crippen molar-refractivity contribution in [3.63, 3.8) is 0 Å². The monoisotopic (exact) mass is 566 g/mol. The Hall–Kier alpha value is -4.41. The third-order valence-electron chi connectivity index (χ3n) is 7.01. The van der Waals surface area contributed by atoms with E-state index in [0.717, 1.165) is 5.39 Å². The molecule has 2 heterocycles. The Labute approximate surface area is 237 Å². The highest BCUT2D eigenvalue weighted by Crippen LogP contribution is 2.26. The molecule has 218 valence electrons. The van der Waals surface area contributed by atoms with Gasteiger partial charge in [0, 0.05) is 23.4 Å². The third-order valence-corrected chi connectivity index (χ3v) is 7.01. The second-order valence-corrected chi connectivity index (χ2v) is 10.5. The molecule has 0 spiro atoms. The molecule has 1 saturated heterocycles. The maximum Gasteiger partial charge on any atom is 0.268 e. The summed E-state index contributed by atoms with van der Waals surface area (Å²) in [6.45, 7) is 3.80. The van der Waals surface area contributed by atoms with Crippen LogP contribution in [0.5, 0.6) is 11.5 Å². The molecule has 3 atom stereocenters. The number of ether oxygens (including phenoxy) is 2. The lowest BCUT2D eigenvalue weighted by Gasteiger charge is -2.25. The first-order valence-corrected chi connectivity index (χ1v) is 13.6. The molecule has 41 heavy (non-hydrogen) atoms. The molecule has 0 radical (unpaired) electrons. The van der Waals surface area contributed by atoms with Crippen LogP contribution in [-0.2, 0) is 14.4 Å². The number of nitrogens with one attached hydrogen (secondary N) is 4. The summed E-state index contributed by atoms with van der Waals surface area (Å²) in [6.07, 6.45) is 0.877. The average Bonchev–Trinajstić information content (AvgIpc) is 3.57. The molecule has 2 unspecified atom stereocenters. The second-order valence-electron chi connectivity index (χ2n) is 10.5. The topological polar surface area (TPSA) is 139 Å². The summed E-state index contributed by atoms with van der Waals surface area (Å²) < 4.78 is 24.8. The Kier molecular flexibility index (Phi) is 9.59. The fraction of sp³-hybridized carbons (Fsp3) is 0.400. The molecule has 3 aromatic rings. The minimum absolute atomic E-state index is 0.0352. The number of carbonyl (C=O) groups is 4. The number of H-pyrrole nitrogens is 1. The van der Waals surface area contributed by atoms with Crippen molar-refractivity contribution >= 4 is 34.4 Å². The number of aromatic nitrogens is 1. The van der Waals surface area contributed by atoms with Gasteiger partial charge in [-0.25, -0.2) is 4.39 Å². The molecule has 3 amide bonds. The molecular weight excluding hydrogens is 531 g/mol. The minimum atomic E-state index is -1.08. The van der Waals surface area contributed by atoms with E-state index in [2.05, 4.69) is 20.9 Å². The van der Waals surface area contributed by atoms with Crippen molar-refractivity contribution in [2.45, 2.75) is 45.2 Å². The summed E-state index contributed by atoms with van der Waals surface area (Å²) in [6, 6.07) is 10.7. The molecule has 0 bridgehead atoms. The van der Waals surface area contributed by atoms with Gasteiger partial charge < -0.3 is 30.4 Å². The molecule has 1 aliphatic heterocycles. The van der Waals surface area contributed by atoms with E-state index in [9.17, 15) is 23.6 Å². The predicted molar refractivity (Wildman–Crippen MR) is 150 cm³/mol. The zero-order valence-corrected chi connectivity index (χ0v) is 23.3. The predicted octanol–water partition coefficient (Wildman–Crippen LogP) is 3.12. The Bertz CT molecular complexity index is 1420. The number of para-hydroxylation sites is 1. The lowest BCUT2D eigenvalue weighted by molar-refractivity contribution is -0.131. The molecule has 1 fully saturated rings. The van der Waals surface area contributed by atoms with E-state index in [1.807, 2.05) is 19.9 Å². The first-order chi connectivity index (χ1) is 19.7. The number of amides is 3. The Morgan fingerprint density at radius 1 is 1.05 bits per heavy atom. The van der Waals surface area contributed by atoms with E-state index in [-0.39, 0.29) is 29.7 Å². The van der Waals surface area contributed by atoms with E-state index in [4.69, 9.17) is 9.47 Å². The summed E-state index contributed by atoms with van der Waals surface area (Å²) in [5, 5.41) is 8.97. The number of halogens is 1. The maximum absolute atomic E-state index is 14.0. The largest absolute Gasteiger partial charge is 0.496 e. The van der Waals surface area contributed by atoms with Crippen LogP contribution in [0.3, 0.4) is 0 Å². The highest BCUT2D eigenvalue weighted by Gasteiger charge is 2.33. The van der Waals surface area contributed by atoms with Crippen LogP contribution >= 0.6 is 0 Å².